The number of nitrogens with zero attached hydrogens (tertiary/aromatic N) is 1. The number of nitrogens with one attached hydrogen (secondary N) is 5. The molecule has 13 nitrogen and oxygen atoms in total. The molecule has 2 unspecified atom stereocenters. The monoisotopic (exact) mass is 698 g/mol. The van der Waals surface area contributed by atoms with Gasteiger partial charge in [-0.3, -0.25) is 14.4 Å². The third kappa shape index (κ3) is 12.6. The molecule has 13 heteroatoms. The van der Waals surface area contributed by atoms with Crippen LogP contribution in [0.3, 0.4) is 0 Å². The van der Waals surface area contributed by atoms with E-state index in [0.717, 1.165) is 11.1 Å². The molecule has 7 N–H and O–H groups in total. The average molecular weight is 699 g/mol. The smallest absolute Gasteiger partial charge is 0.408 e. The summed E-state index contributed by atoms with van der Waals surface area (Å²) in [5.74, 6) is -1.84. The Kier molecular flexibility index (Phi) is 14.6. The molecular weight excluding hydrogens is 652 g/mol. The van der Waals surface area contributed by atoms with Crippen LogP contribution in [-0.2, 0) is 45.1 Å². The van der Waals surface area contributed by atoms with E-state index in [-0.39, 0.29) is 43.4 Å². The minimum absolute atomic E-state index is 0.00760. The number of phenols is 1. The number of alkyl carbamates (subject to hydrolysis) is 1. The van der Waals surface area contributed by atoms with Gasteiger partial charge in [-0.05, 0) is 34.7 Å². The maximum absolute atomic E-state index is 13.9. The molecule has 0 saturated carbocycles. The fourth-order valence-corrected chi connectivity index (χ4v) is 5.40. The number of ether oxygens (including phenoxy) is 1. The lowest BCUT2D eigenvalue weighted by Gasteiger charge is -2.31. The largest absolute Gasteiger partial charge is 0.508 e. The number of aliphatic hydroxyl groups excluding tert-OH is 1. The molecule has 1 heterocycles. The summed E-state index contributed by atoms with van der Waals surface area (Å²) in [6.07, 6.45) is 1.35. The summed E-state index contributed by atoms with van der Waals surface area (Å²) in [6, 6.07) is 21.5. The number of aromatic hydroxyl groups is 1. The third-order valence-corrected chi connectivity index (χ3v) is 8.51. The highest BCUT2D eigenvalue weighted by Gasteiger charge is 2.33. The zero-order chi connectivity index (χ0) is 36.6. The number of amides is 4. The quantitative estimate of drug-likeness (QED) is 0.0823. The fourth-order valence-electron chi connectivity index (χ4n) is 5.40. The molecule has 0 spiro atoms. The summed E-state index contributed by atoms with van der Waals surface area (Å²) in [6.45, 7) is 4.04. The summed E-state index contributed by atoms with van der Waals surface area (Å²) in [4.78, 5) is 60.5. The highest BCUT2D eigenvalue weighted by atomic mass is 16.5. The minimum Gasteiger partial charge on any atom is -0.508 e. The van der Waals surface area contributed by atoms with Crippen molar-refractivity contribution in [3.05, 3.63) is 120 Å². The second-order valence-electron chi connectivity index (χ2n) is 12.4. The molecule has 4 aromatic rings. The number of benzene rings is 3. The van der Waals surface area contributed by atoms with Gasteiger partial charge in [0.25, 0.3) is 0 Å². The van der Waals surface area contributed by atoms with Crippen LogP contribution in [0.4, 0.5) is 4.79 Å². The van der Waals surface area contributed by atoms with Crippen molar-refractivity contribution in [2.24, 2.45) is 5.92 Å². The maximum atomic E-state index is 13.9. The van der Waals surface area contributed by atoms with Gasteiger partial charge >= 0.3 is 6.09 Å². The van der Waals surface area contributed by atoms with Gasteiger partial charge in [0.15, 0.2) is 0 Å². The van der Waals surface area contributed by atoms with Crippen molar-refractivity contribution in [2.45, 2.75) is 76.9 Å². The first-order valence-electron chi connectivity index (χ1n) is 16.9. The van der Waals surface area contributed by atoms with Gasteiger partial charge in [0.05, 0.1) is 30.6 Å². The van der Waals surface area contributed by atoms with Gasteiger partial charge < -0.3 is 41.2 Å². The van der Waals surface area contributed by atoms with E-state index >= 15 is 0 Å². The topological polar surface area (TPSA) is 195 Å². The second kappa shape index (κ2) is 19.5. The highest BCUT2D eigenvalue weighted by molar-refractivity contribution is 5.91. The van der Waals surface area contributed by atoms with Crippen LogP contribution < -0.4 is 21.3 Å². The van der Waals surface area contributed by atoms with E-state index in [1.807, 2.05) is 62.4 Å². The van der Waals surface area contributed by atoms with E-state index in [0.29, 0.717) is 24.2 Å². The Morgan fingerprint density at radius 3 is 2.06 bits per heavy atom. The Labute approximate surface area is 297 Å². The average Bonchev–Trinajstić information content (AvgIpc) is 3.66. The van der Waals surface area contributed by atoms with Crippen molar-refractivity contribution >= 4 is 23.8 Å². The number of imidazole rings is 1. The molecule has 0 aliphatic heterocycles. The number of phenolic OH excluding ortho intramolecular Hbond substituents is 1. The van der Waals surface area contributed by atoms with Crippen LogP contribution in [0.15, 0.2) is 97.5 Å². The zero-order valence-electron chi connectivity index (χ0n) is 28.7. The van der Waals surface area contributed by atoms with Crippen LogP contribution in [0.5, 0.6) is 5.75 Å². The van der Waals surface area contributed by atoms with E-state index in [4.69, 9.17) is 4.74 Å². The van der Waals surface area contributed by atoms with Gasteiger partial charge in [-0.2, -0.15) is 0 Å². The molecular formula is C38H46N6O7. The molecule has 0 fully saturated rings. The Morgan fingerprint density at radius 1 is 0.804 bits per heavy atom. The normalized spacial score (nSPS) is 13.9. The molecule has 1 aromatic heterocycles. The zero-order valence-corrected chi connectivity index (χ0v) is 28.7. The number of carbonyl (C=O) groups excluding carboxylic acids is 4. The highest BCUT2D eigenvalue weighted by Crippen LogP contribution is 2.16. The number of hydrogen-bond donors (Lipinski definition) is 7. The van der Waals surface area contributed by atoms with E-state index in [1.165, 1.54) is 18.5 Å². The molecule has 4 amide bonds. The summed E-state index contributed by atoms with van der Waals surface area (Å²) in [7, 11) is 0. The predicted octanol–water partition coefficient (Wildman–Crippen LogP) is 3.28. The maximum Gasteiger partial charge on any atom is 0.408 e. The first kappa shape index (κ1) is 38.1. The van der Waals surface area contributed by atoms with Crippen LogP contribution in [0.25, 0.3) is 0 Å². The Bertz CT molecular complexity index is 1670. The van der Waals surface area contributed by atoms with Crippen molar-refractivity contribution in [1.29, 1.82) is 0 Å². The summed E-state index contributed by atoms with van der Waals surface area (Å²) >= 11 is 0. The first-order valence-corrected chi connectivity index (χ1v) is 16.9. The van der Waals surface area contributed by atoms with Gasteiger partial charge in [-0.15, -0.1) is 0 Å². The number of aromatic nitrogens is 2. The van der Waals surface area contributed by atoms with Gasteiger partial charge in [0.1, 0.15) is 24.4 Å². The summed E-state index contributed by atoms with van der Waals surface area (Å²) in [5.41, 5.74) is 2.79. The molecule has 4 rings (SSSR count). The molecule has 0 bridgehead atoms. The van der Waals surface area contributed by atoms with Crippen LogP contribution in [0.1, 0.15) is 49.1 Å². The van der Waals surface area contributed by atoms with Gasteiger partial charge in [0, 0.05) is 25.6 Å². The SMILES string of the molecule is CCC(C)[C@H](NC(=O)C(Cc1c[nH]cn1)NC(=O)[C@H](Cc1ccc(O)cc1)NC(=O)OCc1ccccc1)[C@@H](O)CC(=O)NCc1ccccc1. The molecule has 0 aliphatic carbocycles. The van der Waals surface area contributed by atoms with Gasteiger partial charge in [-0.1, -0.05) is 93.1 Å². The molecule has 0 radical (unpaired) electrons. The lowest BCUT2D eigenvalue weighted by Crippen LogP contribution is -2.58. The van der Waals surface area contributed by atoms with E-state index in [9.17, 15) is 29.4 Å². The standard InChI is InChI=1S/C38H46N6O7/c1-3-25(2)35(33(46)20-34(47)40-21-27-10-6-4-7-11-27)44-37(49)32(19-29-22-39-24-41-29)42-36(48)31(18-26-14-16-30(45)17-15-26)43-38(50)51-23-28-12-8-5-9-13-28/h4-17,22,24-25,31-33,35,45-46H,3,18-21,23H2,1-2H3,(H,39,41)(H,40,47)(H,42,48)(H,43,50)(H,44,49)/t25?,31-,32?,33-,35-/m0/s1. The number of hydrogen-bond acceptors (Lipinski definition) is 8. The molecule has 5 atom stereocenters. The predicted molar refractivity (Wildman–Crippen MR) is 190 cm³/mol. The minimum atomic E-state index is -1.22. The molecule has 51 heavy (non-hydrogen) atoms. The summed E-state index contributed by atoms with van der Waals surface area (Å²) < 4.78 is 5.37. The van der Waals surface area contributed by atoms with Crippen molar-refractivity contribution < 1.29 is 34.1 Å². The number of aromatic amines is 1. The van der Waals surface area contributed by atoms with Crippen LogP contribution in [0, 0.1) is 5.92 Å². The second-order valence-corrected chi connectivity index (χ2v) is 12.4. The lowest BCUT2D eigenvalue weighted by atomic mass is 9.92. The summed E-state index contributed by atoms with van der Waals surface area (Å²) in [5, 5.41) is 32.0. The number of carbonyl (C=O) groups is 4. The van der Waals surface area contributed by atoms with Crippen molar-refractivity contribution in [2.75, 3.05) is 0 Å². The number of aliphatic hydroxyl groups is 1. The van der Waals surface area contributed by atoms with E-state index < -0.39 is 42.1 Å². The van der Waals surface area contributed by atoms with Crippen LogP contribution in [0.2, 0.25) is 0 Å². The Balaban J connectivity index is 1.48. The molecule has 0 saturated heterocycles. The van der Waals surface area contributed by atoms with Gasteiger partial charge in [-0.25, -0.2) is 9.78 Å². The number of rotatable bonds is 18. The van der Waals surface area contributed by atoms with Crippen LogP contribution >= 0.6 is 0 Å². The van der Waals surface area contributed by atoms with Gasteiger partial charge in [0.2, 0.25) is 17.7 Å². The first-order chi connectivity index (χ1) is 24.6. The third-order valence-electron chi connectivity index (χ3n) is 8.51. The molecule has 270 valence electrons. The Morgan fingerprint density at radius 2 is 1.43 bits per heavy atom. The van der Waals surface area contributed by atoms with Crippen LogP contribution in [-0.4, -0.2) is 68.2 Å². The lowest BCUT2D eigenvalue weighted by molar-refractivity contribution is -0.131. The van der Waals surface area contributed by atoms with Crippen molar-refractivity contribution in [3.8, 4) is 5.75 Å². The van der Waals surface area contributed by atoms with Crippen molar-refractivity contribution in [1.82, 2.24) is 31.2 Å². The van der Waals surface area contributed by atoms with E-state index in [1.54, 1.807) is 30.5 Å². The number of H-pyrrole nitrogens is 1. The Hall–Kier alpha value is -5.69. The van der Waals surface area contributed by atoms with Crippen molar-refractivity contribution in [3.63, 3.8) is 0 Å². The molecule has 3 aromatic carbocycles. The van der Waals surface area contributed by atoms with E-state index in [2.05, 4.69) is 31.2 Å². The molecule has 0 aliphatic rings. The fraction of sp³-hybridized carbons (Fsp3) is 0.342.